The molecule has 0 saturated heterocycles. The van der Waals surface area contributed by atoms with Crippen molar-refractivity contribution in [2.45, 2.75) is 20.0 Å². The molecule has 164 valence electrons. The number of aryl methyl sites for hydroxylation is 1. The van der Waals surface area contributed by atoms with E-state index in [9.17, 15) is 4.79 Å². The molecule has 0 unspecified atom stereocenters. The number of benzene rings is 3. The van der Waals surface area contributed by atoms with Gasteiger partial charge in [0.15, 0.2) is 0 Å². The number of imidazole rings is 1. The zero-order valence-electron chi connectivity index (χ0n) is 18.0. The van der Waals surface area contributed by atoms with Crippen molar-refractivity contribution in [1.82, 2.24) is 15.0 Å². The summed E-state index contributed by atoms with van der Waals surface area (Å²) in [7, 11) is 0. The van der Waals surface area contributed by atoms with E-state index in [0.29, 0.717) is 6.61 Å². The third-order valence-corrected chi connectivity index (χ3v) is 6.03. The summed E-state index contributed by atoms with van der Waals surface area (Å²) >= 11 is 1.49. The Balaban J connectivity index is 1.16. The fourth-order valence-corrected chi connectivity index (χ4v) is 4.15. The van der Waals surface area contributed by atoms with Gasteiger partial charge in [0.25, 0.3) is 0 Å². The van der Waals surface area contributed by atoms with E-state index in [1.165, 1.54) is 16.9 Å². The van der Waals surface area contributed by atoms with E-state index in [2.05, 4.69) is 20.3 Å². The van der Waals surface area contributed by atoms with Crippen molar-refractivity contribution in [2.24, 2.45) is 0 Å². The number of anilines is 1. The van der Waals surface area contributed by atoms with Gasteiger partial charge in [-0.15, -0.1) is 11.3 Å². The first kappa shape index (κ1) is 20.9. The molecule has 0 atom stereocenters. The van der Waals surface area contributed by atoms with Crippen LogP contribution >= 0.6 is 11.3 Å². The maximum atomic E-state index is 12.5. The minimum atomic E-state index is -0.109. The Hall–Kier alpha value is -3.97. The van der Waals surface area contributed by atoms with E-state index in [4.69, 9.17) is 4.74 Å². The lowest BCUT2D eigenvalue weighted by molar-refractivity contribution is -0.115. The molecule has 0 aliphatic carbocycles. The number of carbonyl (C=O) groups is 1. The Morgan fingerprint density at radius 3 is 2.58 bits per heavy atom. The van der Waals surface area contributed by atoms with Crippen molar-refractivity contribution >= 4 is 34.0 Å². The first-order valence-corrected chi connectivity index (χ1v) is 11.5. The molecular weight excluding hydrogens is 432 g/mol. The number of hydrogen-bond donors (Lipinski definition) is 2. The van der Waals surface area contributed by atoms with Crippen LogP contribution in [0, 0.1) is 6.92 Å². The van der Waals surface area contributed by atoms with Gasteiger partial charge in [-0.1, -0.05) is 29.8 Å². The van der Waals surface area contributed by atoms with Gasteiger partial charge in [0, 0.05) is 16.6 Å². The summed E-state index contributed by atoms with van der Waals surface area (Å²) in [5.74, 6) is 1.50. The normalized spacial score (nSPS) is 10.9. The zero-order valence-corrected chi connectivity index (χ0v) is 18.9. The summed E-state index contributed by atoms with van der Waals surface area (Å²) < 4.78 is 5.77. The Labute approximate surface area is 195 Å². The van der Waals surface area contributed by atoms with Gasteiger partial charge in [-0.25, -0.2) is 9.97 Å². The van der Waals surface area contributed by atoms with Crippen LogP contribution in [0.1, 0.15) is 16.3 Å². The maximum Gasteiger partial charge on any atom is 0.230 e. The van der Waals surface area contributed by atoms with Crippen LogP contribution in [-0.4, -0.2) is 20.9 Å². The fourth-order valence-electron chi connectivity index (χ4n) is 3.45. The van der Waals surface area contributed by atoms with Gasteiger partial charge in [0.1, 0.15) is 23.2 Å². The predicted octanol–water partition coefficient (Wildman–Crippen LogP) is 5.76. The molecule has 0 spiro atoms. The molecule has 0 bridgehead atoms. The number of aromatic amines is 1. The zero-order chi connectivity index (χ0) is 22.6. The monoisotopic (exact) mass is 454 g/mol. The number of para-hydroxylation sites is 2. The van der Waals surface area contributed by atoms with Crippen LogP contribution in [0.5, 0.6) is 5.75 Å². The number of amides is 1. The van der Waals surface area contributed by atoms with E-state index >= 15 is 0 Å². The predicted molar refractivity (Wildman–Crippen MR) is 131 cm³/mol. The smallest absolute Gasteiger partial charge is 0.230 e. The molecule has 0 aliphatic rings. The molecule has 5 rings (SSSR count). The van der Waals surface area contributed by atoms with Gasteiger partial charge in [-0.05, 0) is 55.5 Å². The topological polar surface area (TPSA) is 79.9 Å². The highest BCUT2D eigenvalue weighted by Crippen LogP contribution is 2.22. The molecule has 0 fully saturated rings. The van der Waals surface area contributed by atoms with Crippen LogP contribution in [-0.2, 0) is 17.8 Å². The molecule has 2 N–H and O–H groups in total. The number of H-pyrrole nitrogens is 1. The van der Waals surface area contributed by atoms with Crippen LogP contribution in [0.25, 0.3) is 22.4 Å². The maximum absolute atomic E-state index is 12.5. The second kappa shape index (κ2) is 9.26. The number of carbonyl (C=O) groups excluding carboxylic acids is 1. The molecule has 33 heavy (non-hydrogen) atoms. The summed E-state index contributed by atoms with van der Waals surface area (Å²) in [6.07, 6.45) is 0.215. The van der Waals surface area contributed by atoms with Gasteiger partial charge >= 0.3 is 0 Å². The number of hydrogen-bond acceptors (Lipinski definition) is 5. The van der Waals surface area contributed by atoms with E-state index in [-0.39, 0.29) is 12.3 Å². The number of fused-ring (bicyclic) bond motifs is 1. The minimum Gasteiger partial charge on any atom is -0.486 e. The summed E-state index contributed by atoms with van der Waals surface area (Å²) in [6.45, 7) is 2.43. The Kier molecular flexibility index (Phi) is 5.87. The molecule has 5 aromatic rings. The standard InChI is InChI=1S/C26H22N4O2S/c1-17-6-12-21(13-7-17)32-15-25-28-20(16-33-25)14-24(31)27-19-10-8-18(9-11-19)26-29-22-4-2-3-5-23(22)30-26/h2-13,16H,14-15H2,1H3,(H,27,31)(H,29,30). The van der Waals surface area contributed by atoms with E-state index in [1.807, 2.05) is 85.1 Å². The third kappa shape index (κ3) is 5.10. The largest absolute Gasteiger partial charge is 0.486 e. The van der Waals surface area contributed by atoms with Gasteiger partial charge in [-0.3, -0.25) is 4.79 Å². The summed E-state index contributed by atoms with van der Waals surface area (Å²) in [6, 6.07) is 23.5. The molecule has 2 aromatic heterocycles. The Bertz CT molecular complexity index is 1360. The highest BCUT2D eigenvalue weighted by atomic mass is 32.1. The van der Waals surface area contributed by atoms with Gasteiger partial charge in [0.05, 0.1) is 23.1 Å². The van der Waals surface area contributed by atoms with E-state index in [0.717, 1.165) is 44.6 Å². The van der Waals surface area contributed by atoms with Crippen molar-refractivity contribution in [1.29, 1.82) is 0 Å². The lowest BCUT2D eigenvalue weighted by Gasteiger charge is -2.05. The summed E-state index contributed by atoms with van der Waals surface area (Å²) in [5.41, 5.74) is 5.54. The van der Waals surface area contributed by atoms with Crippen LogP contribution in [0.2, 0.25) is 0 Å². The van der Waals surface area contributed by atoms with Gasteiger partial charge in [-0.2, -0.15) is 0 Å². The second-order valence-electron chi connectivity index (χ2n) is 7.74. The average molecular weight is 455 g/mol. The number of aromatic nitrogens is 3. The molecule has 0 radical (unpaired) electrons. The van der Waals surface area contributed by atoms with Crippen molar-refractivity contribution in [2.75, 3.05) is 5.32 Å². The van der Waals surface area contributed by atoms with Crippen LogP contribution in [0.4, 0.5) is 5.69 Å². The number of thiazole rings is 1. The number of rotatable bonds is 7. The SMILES string of the molecule is Cc1ccc(OCc2nc(CC(=O)Nc3ccc(-c4nc5ccccc5[nH]4)cc3)cs2)cc1. The molecule has 6 nitrogen and oxygen atoms in total. The van der Waals surface area contributed by atoms with Crippen molar-refractivity contribution in [3.8, 4) is 17.1 Å². The Morgan fingerprint density at radius 2 is 1.79 bits per heavy atom. The van der Waals surface area contributed by atoms with Gasteiger partial charge < -0.3 is 15.0 Å². The lowest BCUT2D eigenvalue weighted by atomic mass is 10.2. The molecule has 0 saturated carbocycles. The highest BCUT2D eigenvalue weighted by molar-refractivity contribution is 7.09. The third-order valence-electron chi connectivity index (χ3n) is 5.16. The molecular formula is C26H22N4O2S. The van der Waals surface area contributed by atoms with Gasteiger partial charge in [0.2, 0.25) is 5.91 Å². The van der Waals surface area contributed by atoms with Crippen molar-refractivity contribution in [3.05, 3.63) is 94.4 Å². The van der Waals surface area contributed by atoms with E-state index in [1.54, 1.807) is 0 Å². The van der Waals surface area contributed by atoms with Crippen molar-refractivity contribution < 1.29 is 9.53 Å². The second-order valence-corrected chi connectivity index (χ2v) is 8.68. The quantitative estimate of drug-likeness (QED) is 0.328. The van der Waals surface area contributed by atoms with Crippen LogP contribution < -0.4 is 10.1 Å². The molecule has 1 amide bonds. The highest BCUT2D eigenvalue weighted by Gasteiger charge is 2.10. The number of ether oxygens (including phenoxy) is 1. The lowest BCUT2D eigenvalue weighted by Crippen LogP contribution is -2.14. The van der Waals surface area contributed by atoms with E-state index < -0.39 is 0 Å². The van der Waals surface area contributed by atoms with Crippen LogP contribution in [0.15, 0.2) is 78.2 Å². The molecule has 0 aliphatic heterocycles. The molecule has 2 heterocycles. The summed E-state index contributed by atoms with van der Waals surface area (Å²) in [4.78, 5) is 24.9. The average Bonchev–Trinajstić information content (AvgIpc) is 3.46. The Morgan fingerprint density at radius 1 is 1.00 bits per heavy atom. The summed E-state index contributed by atoms with van der Waals surface area (Å²) in [5, 5.41) is 5.67. The van der Waals surface area contributed by atoms with Crippen molar-refractivity contribution in [3.63, 3.8) is 0 Å². The fraction of sp³-hybridized carbons (Fsp3) is 0.115. The first-order valence-electron chi connectivity index (χ1n) is 10.6. The minimum absolute atomic E-state index is 0.109. The molecule has 7 heteroatoms. The molecule has 3 aromatic carbocycles. The number of nitrogens with one attached hydrogen (secondary N) is 2. The van der Waals surface area contributed by atoms with Crippen LogP contribution in [0.3, 0.4) is 0 Å². The first-order chi connectivity index (χ1) is 16.1. The number of nitrogens with zero attached hydrogens (tertiary/aromatic N) is 2.